The molecule has 1 rings (SSSR count). The second-order valence-electron chi connectivity index (χ2n) is 8.59. The topological polar surface area (TPSA) is 35.5 Å². The summed E-state index contributed by atoms with van der Waals surface area (Å²) in [6.07, 6.45) is 21.7. The lowest BCUT2D eigenvalue weighted by atomic mass is 10.0. The first kappa shape index (κ1) is 30.6. The SMILES string of the molecule is CCCCCCCCCCCCCCCCCCOC(=O)c1ccccc1.CCOCC. The van der Waals surface area contributed by atoms with Crippen LogP contribution in [0.25, 0.3) is 0 Å². The van der Waals surface area contributed by atoms with Crippen molar-refractivity contribution < 1.29 is 14.3 Å². The molecule has 0 radical (unpaired) electrons. The number of carbonyl (C=O) groups is 1. The molecule has 0 unspecified atom stereocenters. The maximum atomic E-state index is 11.8. The number of carbonyl (C=O) groups excluding carboxylic acids is 1. The fourth-order valence-corrected chi connectivity index (χ4v) is 3.68. The maximum Gasteiger partial charge on any atom is 0.338 e. The molecule has 0 aromatic heterocycles. The lowest BCUT2D eigenvalue weighted by Crippen LogP contribution is -2.06. The Kier molecular flexibility index (Phi) is 24.8. The van der Waals surface area contributed by atoms with Crippen LogP contribution in [0.15, 0.2) is 30.3 Å². The van der Waals surface area contributed by atoms with Gasteiger partial charge in [0, 0.05) is 13.2 Å². The van der Waals surface area contributed by atoms with Crippen LogP contribution < -0.4 is 0 Å². The van der Waals surface area contributed by atoms with Gasteiger partial charge >= 0.3 is 5.97 Å². The molecule has 0 saturated heterocycles. The van der Waals surface area contributed by atoms with E-state index in [1.807, 2.05) is 32.0 Å². The van der Waals surface area contributed by atoms with Gasteiger partial charge < -0.3 is 9.47 Å². The number of unbranched alkanes of at least 4 members (excludes halogenated alkanes) is 15. The highest BCUT2D eigenvalue weighted by atomic mass is 16.5. The quantitative estimate of drug-likeness (QED) is 0.147. The number of ether oxygens (including phenoxy) is 2. The van der Waals surface area contributed by atoms with Crippen LogP contribution in [0.3, 0.4) is 0 Å². The molecule has 0 saturated carbocycles. The van der Waals surface area contributed by atoms with E-state index in [1.165, 1.54) is 96.3 Å². The molecule has 1 aromatic carbocycles. The van der Waals surface area contributed by atoms with Gasteiger partial charge in [-0.1, -0.05) is 121 Å². The minimum absolute atomic E-state index is 0.198. The third-order valence-electron chi connectivity index (χ3n) is 5.65. The first-order valence-corrected chi connectivity index (χ1v) is 13.6. The van der Waals surface area contributed by atoms with Gasteiger partial charge in [0.1, 0.15) is 0 Å². The molecule has 3 nitrogen and oxygen atoms in total. The Bertz CT molecular complexity index is 484. The van der Waals surface area contributed by atoms with Crippen LogP contribution in [0.5, 0.6) is 0 Å². The summed E-state index contributed by atoms with van der Waals surface area (Å²) in [5.74, 6) is -0.198. The van der Waals surface area contributed by atoms with Crippen molar-refractivity contribution in [3.8, 4) is 0 Å². The molecule has 0 aliphatic heterocycles. The highest BCUT2D eigenvalue weighted by Crippen LogP contribution is 2.13. The maximum absolute atomic E-state index is 11.8. The summed E-state index contributed by atoms with van der Waals surface area (Å²) in [5, 5.41) is 0. The number of rotatable bonds is 20. The van der Waals surface area contributed by atoms with E-state index in [0.717, 1.165) is 19.6 Å². The standard InChI is InChI=1S/C25H42O2.C4H10O/c1-2-3-4-5-6-7-8-9-10-11-12-13-14-15-16-20-23-27-25(26)24-21-18-17-19-22-24;1-3-5-4-2/h17-19,21-22H,2-16,20,23H2,1H3;3-4H2,1-2H3. The van der Waals surface area contributed by atoms with Crippen molar-refractivity contribution >= 4 is 5.97 Å². The molecule has 0 N–H and O–H groups in total. The van der Waals surface area contributed by atoms with Crippen LogP contribution in [0.1, 0.15) is 134 Å². The summed E-state index contributed by atoms with van der Waals surface area (Å²) in [5.41, 5.74) is 0.647. The van der Waals surface area contributed by atoms with Crippen molar-refractivity contribution in [1.29, 1.82) is 0 Å². The minimum atomic E-state index is -0.198. The molecule has 0 amide bonds. The van der Waals surface area contributed by atoms with Crippen LogP contribution in [0, 0.1) is 0 Å². The van der Waals surface area contributed by atoms with Crippen molar-refractivity contribution in [2.24, 2.45) is 0 Å². The fraction of sp³-hybridized carbons (Fsp3) is 0.759. The van der Waals surface area contributed by atoms with Crippen LogP contribution in [0.4, 0.5) is 0 Å². The molecule has 1 aromatic rings. The number of esters is 1. The summed E-state index contributed by atoms with van der Waals surface area (Å²) < 4.78 is 10.1. The Morgan fingerprint density at radius 3 is 1.38 bits per heavy atom. The van der Waals surface area contributed by atoms with Crippen molar-refractivity contribution in [2.75, 3.05) is 19.8 Å². The molecule has 0 aliphatic carbocycles. The first-order chi connectivity index (χ1) is 15.8. The van der Waals surface area contributed by atoms with E-state index < -0.39 is 0 Å². The summed E-state index contributed by atoms with van der Waals surface area (Å²) in [6, 6.07) is 9.24. The molecule has 32 heavy (non-hydrogen) atoms. The molecule has 186 valence electrons. The van der Waals surface area contributed by atoms with Gasteiger partial charge in [-0.05, 0) is 32.4 Å². The van der Waals surface area contributed by atoms with E-state index in [0.29, 0.717) is 12.2 Å². The molecule has 0 fully saturated rings. The average Bonchev–Trinajstić information content (AvgIpc) is 2.82. The average molecular weight is 449 g/mol. The predicted molar refractivity (Wildman–Crippen MR) is 138 cm³/mol. The Morgan fingerprint density at radius 1 is 0.594 bits per heavy atom. The number of hydrogen-bond donors (Lipinski definition) is 0. The highest BCUT2D eigenvalue weighted by molar-refractivity contribution is 5.89. The van der Waals surface area contributed by atoms with Gasteiger partial charge in [0.15, 0.2) is 0 Å². The van der Waals surface area contributed by atoms with Gasteiger partial charge in [0.2, 0.25) is 0 Å². The summed E-state index contributed by atoms with van der Waals surface area (Å²) in [6.45, 7) is 8.50. The van der Waals surface area contributed by atoms with Crippen LogP contribution in [0.2, 0.25) is 0 Å². The molecular weight excluding hydrogens is 396 g/mol. The van der Waals surface area contributed by atoms with Crippen LogP contribution in [-0.4, -0.2) is 25.8 Å². The Balaban J connectivity index is 0.00000172. The van der Waals surface area contributed by atoms with E-state index in [2.05, 4.69) is 6.92 Å². The Morgan fingerprint density at radius 2 is 1.00 bits per heavy atom. The monoisotopic (exact) mass is 448 g/mol. The van der Waals surface area contributed by atoms with Crippen LogP contribution >= 0.6 is 0 Å². The largest absolute Gasteiger partial charge is 0.462 e. The molecule has 0 spiro atoms. The molecule has 3 heteroatoms. The molecule has 0 atom stereocenters. The van der Waals surface area contributed by atoms with E-state index in [4.69, 9.17) is 9.47 Å². The Labute approximate surface area is 199 Å². The summed E-state index contributed by atoms with van der Waals surface area (Å²) >= 11 is 0. The van der Waals surface area contributed by atoms with Crippen molar-refractivity contribution in [3.05, 3.63) is 35.9 Å². The second-order valence-corrected chi connectivity index (χ2v) is 8.59. The number of hydrogen-bond acceptors (Lipinski definition) is 3. The van der Waals surface area contributed by atoms with Gasteiger partial charge in [0.25, 0.3) is 0 Å². The summed E-state index contributed by atoms with van der Waals surface area (Å²) in [7, 11) is 0. The Hall–Kier alpha value is -1.35. The van der Waals surface area contributed by atoms with E-state index >= 15 is 0 Å². The molecule has 0 heterocycles. The van der Waals surface area contributed by atoms with Crippen molar-refractivity contribution in [3.63, 3.8) is 0 Å². The highest BCUT2D eigenvalue weighted by Gasteiger charge is 2.04. The van der Waals surface area contributed by atoms with E-state index in [-0.39, 0.29) is 5.97 Å². The van der Waals surface area contributed by atoms with Gasteiger partial charge in [-0.15, -0.1) is 0 Å². The van der Waals surface area contributed by atoms with E-state index in [1.54, 1.807) is 12.1 Å². The van der Waals surface area contributed by atoms with E-state index in [9.17, 15) is 4.79 Å². The third-order valence-corrected chi connectivity index (χ3v) is 5.65. The molecule has 0 aliphatic rings. The zero-order valence-corrected chi connectivity index (χ0v) is 21.5. The zero-order chi connectivity index (χ0) is 23.5. The van der Waals surface area contributed by atoms with Gasteiger partial charge in [0.05, 0.1) is 12.2 Å². The summed E-state index contributed by atoms with van der Waals surface area (Å²) in [4.78, 5) is 11.8. The minimum Gasteiger partial charge on any atom is -0.462 e. The predicted octanol–water partition coefficient (Wildman–Crippen LogP) is 9.15. The fourth-order valence-electron chi connectivity index (χ4n) is 3.68. The third kappa shape index (κ3) is 21.9. The molecular formula is C29H52O3. The lowest BCUT2D eigenvalue weighted by molar-refractivity contribution is 0.0497. The normalized spacial score (nSPS) is 10.5. The first-order valence-electron chi connectivity index (χ1n) is 13.6. The van der Waals surface area contributed by atoms with Crippen molar-refractivity contribution in [1.82, 2.24) is 0 Å². The van der Waals surface area contributed by atoms with Gasteiger partial charge in [-0.25, -0.2) is 4.79 Å². The van der Waals surface area contributed by atoms with Crippen molar-refractivity contribution in [2.45, 2.75) is 124 Å². The molecule has 0 bridgehead atoms. The van der Waals surface area contributed by atoms with Gasteiger partial charge in [-0.2, -0.15) is 0 Å². The smallest absolute Gasteiger partial charge is 0.338 e. The van der Waals surface area contributed by atoms with Crippen LogP contribution in [-0.2, 0) is 9.47 Å². The lowest BCUT2D eigenvalue weighted by Gasteiger charge is -2.05. The number of benzene rings is 1. The second kappa shape index (κ2) is 25.9. The van der Waals surface area contributed by atoms with Gasteiger partial charge in [-0.3, -0.25) is 0 Å². The zero-order valence-electron chi connectivity index (χ0n) is 21.5.